The second-order valence-electron chi connectivity index (χ2n) is 23.7. The number of nitrogens with zero attached hydrogens (tertiary/aromatic N) is 6. The normalized spacial score (nSPS) is 10.6. The molecule has 0 aliphatic heterocycles. The monoisotopic (exact) mass is 1220 g/mol. The maximum Gasteiger partial charge on any atom is 0.115 e. The largest absolute Gasteiger partial charge is 0.265 e. The Balaban J connectivity index is 0.000000116. The molecule has 0 N–H and O–H groups in total. The summed E-state index contributed by atoms with van der Waals surface area (Å²) in [5.41, 5.74) is 25.5. The van der Waals surface area contributed by atoms with Gasteiger partial charge in [0.15, 0.2) is 0 Å². The van der Waals surface area contributed by atoms with Crippen LogP contribution in [-0.4, -0.2) is 29.9 Å². The van der Waals surface area contributed by atoms with Gasteiger partial charge in [-0.1, -0.05) is 236 Å². The molecule has 0 aliphatic rings. The lowest BCUT2D eigenvalue weighted by Crippen LogP contribution is -1.87. The van der Waals surface area contributed by atoms with Gasteiger partial charge in [0.1, 0.15) is 12.7 Å². The van der Waals surface area contributed by atoms with Crippen LogP contribution in [0.4, 0.5) is 0 Å². The number of aromatic nitrogens is 6. The molecule has 16 aromatic rings. The maximum absolute atomic E-state index is 4.07. The third-order valence-corrected chi connectivity index (χ3v) is 16.4. The molecule has 12 aromatic carbocycles. The van der Waals surface area contributed by atoms with E-state index in [1.165, 1.54) is 140 Å². The van der Waals surface area contributed by atoms with Crippen LogP contribution in [0, 0.1) is 34.6 Å². The van der Waals surface area contributed by atoms with Gasteiger partial charge in [-0.15, -0.1) is 0 Å². The van der Waals surface area contributed by atoms with Crippen molar-refractivity contribution in [2.45, 2.75) is 34.6 Å². The molecule has 6 nitrogen and oxygen atoms in total. The maximum atomic E-state index is 4.07. The number of hydrogen-bond acceptors (Lipinski definition) is 6. The summed E-state index contributed by atoms with van der Waals surface area (Å²) in [5, 5.41) is 7.80. The predicted octanol–water partition coefficient (Wildman–Crippen LogP) is 23.1. The minimum absolute atomic E-state index is 1.00. The van der Waals surface area contributed by atoms with Gasteiger partial charge in [-0.3, -0.25) is 9.97 Å². The number of aryl methyl sites for hydroxylation is 5. The molecule has 0 aliphatic carbocycles. The fraction of sp³-hybridized carbons (Fsp3) is 0.0562. The highest BCUT2D eigenvalue weighted by atomic mass is 14.8. The van der Waals surface area contributed by atoms with Crippen molar-refractivity contribution in [3.63, 3.8) is 0 Å². The van der Waals surface area contributed by atoms with Crippen LogP contribution >= 0.6 is 0 Å². The zero-order chi connectivity index (χ0) is 65.1. The molecule has 0 radical (unpaired) electrons. The fourth-order valence-corrected chi connectivity index (χ4v) is 11.9. The molecule has 0 unspecified atom stereocenters. The van der Waals surface area contributed by atoms with E-state index in [9.17, 15) is 0 Å². The lowest BCUT2D eigenvalue weighted by molar-refractivity contribution is 1.17. The number of rotatable bonds is 8. The summed E-state index contributed by atoms with van der Waals surface area (Å²) in [5.74, 6) is 0. The summed E-state index contributed by atoms with van der Waals surface area (Å²) >= 11 is 0. The highest BCUT2D eigenvalue weighted by molar-refractivity contribution is 5.97. The van der Waals surface area contributed by atoms with E-state index in [1.807, 2.05) is 73.8 Å². The average Bonchev–Trinajstić information content (AvgIpc) is 0.857. The van der Waals surface area contributed by atoms with E-state index >= 15 is 0 Å². The minimum Gasteiger partial charge on any atom is -0.265 e. The zero-order valence-corrected chi connectivity index (χ0v) is 54.1. The summed E-state index contributed by atoms with van der Waals surface area (Å²) in [6.45, 7) is 10.6. The highest BCUT2D eigenvalue weighted by Gasteiger charge is 2.10. The van der Waals surface area contributed by atoms with Crippen molar-refractivity contribution in [1.29, 1.82) is 0 Å². The molecule has 0 fully saturated rings. The summed E-state index contributed by atoms with van der Waals surface area (Å²) in [7, 11) is 0. The molecular formula is C89H72N6. The van der Waals surface area contributed by atoms with Gasteiger partial charge >= 0.3 is 0 Å². The second-order valence-corrected chi connectivity index (χ2v) is 23.7. The van der Waals surface area contributed by atoms with Gasteiger partial charge in [0, 0.05) is 60.7 Å². The van der Waals surface area contributed by atoms with Crippen molar-refractivity contribution in [3.8, 4) is 89.0 Å². The zero-order valence-electron chi connectivity index (χ0n) is 54.1. The van der Waals surface area contributed by atoms with Gasteiger partial charge in [0.2, 0.25) is 0 Å². The summed E-state index contributed by atoms with van der Waals surface area (Å²) in [6.07, 6.45) is 17.6. The molecule has 95 heavy (non-hydrogen) atoms. The Bertz CT molecular complexity index is 4910. The van der Waals surface area contributed by atoms with E-state index in [0.29, 0.717) is 0 Å². The van der Waals surface area contributed by atoms with Crippen LogP contribution in [0.2, 0.25) is 0 Å². The minimum atomic E-state index is 1.00. The van der Waals surface area contributed by atoms with Crippen molar-refractivity contribution in [2.24, 2.45) is 0 Å². The molecule has 4 aromatic heterocycles. The molecule has 0 amide bonds. The lowest BCUT2D eigenvalue weighted by atomic mass is 9.93. The van der Waals surface area contributed by atoms with Gasteiger partial charge in [-0.05, 0) is 222 Å². The standard InChI is InChI=1S/2C23H18.C17H14N2.C15H12N4.C11H10/c1-17-14-20(18-8-3-2-4-9-18)16-21(15-17)23-13-7-11-19-10-5-6-12-22(19)23;1-17-13-22(18-7-3-2-4-8-18)16-23(14-17)21-12-11-19-9-5-6-10-20(19)15-21;1-13-10-16(14-2-6-18-7-3-14)12-17(11-13)15-4-8-19-9-5-15;1-11-2-12(14-5-16-9-17-6-14)4-13(3-11)15-7-18-10-19-8-15;1-9-6-7-10-4-2-3-5-11(10)8-9/h2*2-16H,1H3;2-12H,1H3;2-10H,1H3;2-8H,1H3. The van der Waals surface area contributed by atoms with E-state index in [0.717, 1.165) is 22.3 Å². The van der Waals surface area contributed by atoms with E-state index in [1.54, 1.807) is 0 Å². The molecular weight excluding hydrogens is 1150 g/mol. The van der Waals surface area contributed by atoms with Crippen molar-refractivity contribution in [2.75, 3.05) is 0 Å². The van der Waals surface area contributed by atoms with Crippen LogP contribution in [-0.2, 0) is 0 Å². The number of benzene rings is 12. The first-order chi connectivity index (χ1) is 46.6. The number of hydrogen-bond donors (Lipinski definition) is 0. The van der Waals surface area contributed by atoms with E-state index in [4.69, 9.17) is 0 Å². The fourth-order valence-electron chi connectivity index (χ4n) is 11.9. The van der Waals surface area contributed by atoms with Crippen molar-refractivity contribution >= 4 is 32.3 Å². The number of fused-ring (bicyclic) bond motifs is 3. The summed E-state index contributed by atoms with van der Waals surface area (Å²) < 4.78 is 0. The van der Waals surface area contributed by atoms with E-state index < -0.39 is 0 Å². The Kier molecular flexibility index (Phi) is 20.4. The molecule has 458 valence electrons. The van der Waals surface area contributed by atoms with Crippen LogP contribution in [0.3, 0.4) is 0 Å². The Morgan fingerprint density at radius 3 is 0.979 bits per heavy atom. The van der Waals surface area contributed by atoms with Crippen LogP contribution in [0.1, 0.15) is 27.8 Å². The molecule has 4 heterocycles. The van der Waals surface area contributed by atoms with Crippen LogP contribution in [0.25, 0.3) is 121 Å². The van der Waals surface area contributed by atoms with Crippen molar-refractivity contribution in [1.82, 2.24) is 29.9 Å². The first kappa shape index (κ1) is 63.0. The van der Waals surface area contributed by atoms with Gasteiger partial charge in [-0.25, -0.2) is 19.9 Å². The molecule has 0 saturated heterocycles. The van der Waals surface area contributed by atoms with Crippen LogP contribution < -0.4 is 0 Å². The lowest BCUT2D eigenvalue weighted by Gasteiger charge is -2.11. The van der Waals surface area contributed by atoms with Gasteiger partial charge in [0.25, 0.3) is 0 Å². The molecule has 0 spiro atoms. The number of pyridine rings is 2. The highest BCUT2D eigenvalue weighted by Crippen LogP contribution is 2.35. The Labute approximate surface area is 557 Å². The van der Waals surface area contributed by atoms with Gasteiger partial charge in [-0.2, -0.15) is 0 Å². The summed E-state index contributed by atoms with van der Waals surface area (Å²) in [6, 6.07) is 101. The Morgan fingerprint density at radius 1 is 0.179 bits per heavy atom. The quantitative estimate of drug-likeness (QED) is 0.151. The predicted molar refractivity (Wildman–Crippen MR) is 399 cm³/mol. The molecule has 16 rings (SSSR count). The van der Waals surface area contributed by atoms with Crippen molar-refractivity contribution in [3.05, 3.63) is 375 Å². The van der Waals surface area contributed by atoms with E-state index in [-0.39, 0.29) is 0 Å². The van der Waals surface area contributed by atoms with Crippen molar-refractivity contribution < 1.29 is 0 Å². The first-order valence-electron chi connectivity index (χ1n) is 31.9. The Hall–Kier alpha value is -12.1. The van der Waals surface area contributed by atoms with E-state index in [2.05, 4.69) is 325 Å². The van der Waals surface area contributed by atoms with Crippen LogP contribution in [0.15, 0.2) is 347 Å². The molecule has 6 heteroatoms. The second kappa shape index (κ2) is 30.8. The topological polar surface area (TPSA) is 77.3 Å². The Morgan fingerprint density at radius 2 is 0.516 bits per heavy atom. The third-order valence-electron chi connectivity index (χ3n) is 16.4. The molecule has 0 atom stereocenters. The summed E-state index contributed by atoms with van der Waals surface area (Å²) in [4.78, 5) is 24.4. The van der Waals surface area contributed by atoms with Gasteiger partial charge < -0.3 is 0 Å². The third kappa shape index (κ3) is 16.7. The first-order valence-corrected chi connectivity index (χ1v) is 31.9. The molecule has 0 bridgehead atoms. The SMILES string of the molecule is Cc1cc(-c2ccccc2)cc(-c2ccc3ccccc3c2)c1.Cc1cc(-c2ccccc2)cc(-c2cccc3ccccc23)c1.Cc1cc(-c2ccncc2)cc(-c2ccncc2)c1.Cc1cc(-c2cncnc2)cc(-c2cncnc2)c1.Cc1ccc2ccccc2c1. The smallest absolute Gasteiger partial charge is 0.115 e. The average molecular weight is 1230 g/mol. The molecule has 0 saturated carbocycles. The van der Waals surface area contributed by atoms with Gasteiger partial charge in [0.05, 0.1) is 0 Å². The van der Waals surface area contributed by atoms with Crippen LogP contribution in [0.5, 0.6) is 0 Å².